The van der Waals surface area contributed by atoms with Gasteiger partial charge in [0.05, 0.1) is 24.9 Å². The van der Waals surface area contributed by atoms with Crippen LogP contribution in [0.1, 0.15) is 25.1 Å². The van der Waals surface area contributed by atoms with Crippen molar-refractivity contribution in [3.05, 3.63) is 77.6 Å². The van der Waals surface area contributed by atoms with Crippen LogP contribution in [-0.2, 0) is 22.7 Å². The first-order valence-electron chi connectivity index (χ1n) is 9.81. The molecule has 5 nitrogen and oxygen atoms in total. The van der Waals surface area contributed by atoms with Gasteiger partial charge in [-0.15, -0.1) is 0 Å². The number of ether oxygens (including phenoxy) is 1. The minimum atomic E-state index is -0.0539. The molecule has 1 unspecified atom stereocenters. The molecule has 2 heterocycles. The number of benzene rings is 1. The predicted octanol–water partition coefficient (Wildman–Crippen LogP) is 3.28. The zero-order chi connectivity index (χ0) is 19.8. The van der Waals surface area contributed by atoms with Gasteiger partial charge >= 0.3 is 0 Å². The second kappa shape index (κ2) is 10.2. The molecule has 0 radical (unpaired) electrons. The molecule has 28 heavy (non-hydrogen) atoms. The Morgan fingerprint density at radius 2 is 1.96 bits per heavy atom. The van der Waals surface area contributed by atoms with Crippen LogP contribution >= 0.6 is 0 Å². The normalized spacial score (nSPS) is 18.9. The molecule has 1 aromatic heterocycles. The second-order valence-electron chi connectivity index (χ2n) is 7.32. The Morgan fingerprint density at radius 3 is 2.68 bits per heavy atom. The molecule has 3 rings (SSSR count). The van der Waals surface area contributed by atoms with E-state index in [1.54, 1.807) is 6.20 Å². The van der Waals surface area contributed by atoms with Crippen molar-refractivity contribution in [2.75, 3.05) is 26.2 Å². The predicted molar refractivity (Wildman–Crippen MR) is 111 cm³/mol. The van der Waals surface area contributed by atoms with Gasteiger partial charge in [-0.3, -0.25) is 14.7 Å². The Labute approximate surface area is 167 Å². The van der Waals surface area contributed by atoms with Gasteiger partial charge < -0.3 is 9.64 Å². The van der Waals surface area contributed by atoms with Crippen molar-refractivity contribution in [1.82, 2.24) is 14.8 Å². The van der Waals surface area contributed by atoms with Crippen molar-refractivity contribution in [2.24, 2.45) is 0 Å². The van der Waals surface area contributed by atoms with Crippen LogP contribution in [0.2, 0.25) is 0 Å². The van der Waals surface area contributed by atoms with E-state index >= 15 is 0 Å². The van der Waals surface area contributed by atoms with Crippen molar-refractivity contribution < 1.29 is 9.53 Å². The number of rotatable bonds is 7. The average Bonchev–Trinajstić information content (AvgIpc) is 2.86. The van der Waals surface area contributed by atoms with Crippen molar-refractivity contribution >= 4 is 5.91 Å². The van der Waals surface area contributed by atoms with E-state index in [-0.39, 0.29) is 12.0 Å². The third-order valence-corrected chi connectivity index (χ3v) is 4.97. The first-order chi connectivity index (χ1) is 13.6. The van der Waals surface area contributed by atoms with Gasteiger partial charge in [0, 0.05) is 32.4 Å². The van der Waals surface area contributed by atoms with E-state index in [1.165, 1.54) is 5.57 Å². The summed E-state index contributed by atoms with van der Waals surface area (Å²) >= 11 is 0. The molecular weight excluding hydrogens is 350 g/mol. The first kappa shape index (κ1) is 20.2. The molecule has 1 fully saturated rings. The Morgan fingerprint density at radius 1 is 1.18 bits per heavy atom. The summed E-state index contributed by atoms with van der Waals surface area (Å²) < 4.78 is 6.19. The van der Waals surface area contributed by atoms with Gasteiger partial charge in [-0.25, -0.2) is 0 Å². The molecule has 1 atom stereocenters. The zero-order valence-corrected chi connectivity index (χ0v) is 16.8. The highest BCUT2D eigenvalue weighted by Crippen LogP contribution is 2.15. The first-order valence-corrected chi connectivity index (χ1v) is 9.81. The van der Waals surface area contributed by atoms with Crippen molar-refractivity contribution in [3.8, 4) is 0 Å². The summed E-state index contributed by atoms with van der Waals surface area (Å²) in [6.07, 6.45) is 3.82. The largest absolute Gasteiger partial charge is 0.369 e. The fraction of sp³-hybridized carbons (Fsp3) is 0.391. The van der Waals surface area contributed by atoms with E-state index in [2.05, 4.69) is 35.0 Å². The number of carbonyl (C=O) groups excluding carboxylic acids is 1. The smallest absolute Gasteiger partial charge is 0.237 e. The quantitative estimate of drug-likeness (QED) is 0.693. The second-order valence-corrected chi connectivity index (χ2v) is 7.32. The number of amides is 1. The van der Waals surface area contributed by atoms with E-state index in [0.717, 1.165) is 24.3 Å². The molecule has 5 heteroatoms. The van der Waals surface area contributed by atoms with Crippen LogP contribution in [0.25, 0.3) is 0 Å². The van der Waals surface area contributed by atoms with E-state index in [9.17, 15) is 4.79 Å². The lowest BCUT2D eigenvalue weighted by molar-refractivity contribution is -0.132. The van der Waals surface area contributed by atoms with Crippen LogP contribution in [0.3, 0.4) is 0 Å². The molecule has 148 valence electrons. The van der Waals surface area contributed by atoms with Crippen LogP contribution in [0, 0.1) is 0 Å². The lowest BCUT2D eigenvalue weighted by Gasteiger charge is -2.25. The monoisotopic (exact) mass is 379 g/mol. The van der Waals surface area contributed by atoms with Crippen LogP contribution in [-0.4, -0.2) is 53.0 Å². The maximum absolute atomic E-state index is 12.9. The molecule has 1 aliphatic rings. The molecule has 0 spiro atoms. The summed E-state index contributed by atoms with van der Waals surface area (Å²) in [7, 11) is 0. The summed E-state index contributed by atoms with van der Waals surface area (Å²) in [6.45, 7) is 7.72. The average molecular weight is 380 g/mol. The minimum Gasteiger partial charge on any atom is -0.369 e. The minimum absolute atomic E-state index is 0.0539. The van der Waals surface area contributed by atoms with Crippen molar-refractivity contribution in [3.63, 3.8) is 0 Å². The third-order valence-electron chi connectivity index (χ3n) is 4.97. The summed E-state index contributed by atoms with van der Waals surface area (Å²) in [5.41, 5.74) is 3.30. The SMILES string of the molecule is C/C=C(\C)CN1CC(=O)N(Cc2ccccc2)CC(OCc2ccccn2)C1. The van der Waals surface area contributed by atoms with Crippen LogP contribution in [0.15, 0.2) is 66.4 Å². The number of carbonyl (C=O) groups is 1. The van der Waals surface area contributed by atoms with Crippen molar-refractivity contribution in [2.45, 2.75) is 33.1 Å². The van der Waals surface area contributed by atoms with Crippen LogP contribution in [0.4, 0.5) is 0 Å². The fourth-order valence-corrected chi connectivity index (χ4v) is 3.36. The lowest BCUT2D eigenvalue weighted by Crippen LogP contribution is -2.37. The third kappa shape index (κ3) is 6.01. The van der Waals surface area contributed by atoms with Gasteiger partial charge in [0.15, 0.2) is 0 Å². The van der Waals surface area contributed by atoms with E-state index in [4.69, 9.17) is 4.74 Å². The highest BCUT2D eigenvalue weighted by Gasteiger charge is 2.28. The molecule has 0 bridgehead atoms. The highest BCUT2D eigenvalue weighted by molar-refractivity contribution is 5.78. The van der Waals surface area contributed by atoms with E-state index in [0.29, 0.717) is 26.2 Å². The lowest BCUT2D eigenvalue weighted by atomic mass is 10.2. The summed E-state index contributed by atoms with van der Waals surface area (Å²) in [5, 5.41) is 0. The van der Waals surface area contributed by atoms with Gasteiger partial charge in [-0.05, 0) is 31.5 Å². The number of hydrogen-bond donors (Lipinski definition) is 0. The molecule has 1 aromatic carbocycles. The Balaban J connectivity index is 1.71. The van der Waals surface area contributed by atoms with Gasteiger partial charge in [0.2, 0.25) is 5.91 Å². The van der Waals surface area contributed by atoms with E-state index in [1.807, 2.05) is 48.2 Å². The van der Waals surface area contributed by atoms with Gasteiger partial charge in [-0.1, -0.05) is 48.0 Å². The van der Waals surface area contributed by atoms with Gasteiger partial charge in [0.1, 0.15) is 0 Å². The number of allylic oxidation sites excluding steroid dienone is 1. The van der Waals surface area contributed by atoms with Gasteiger partial charge in [-0.2, -0.15) is 0 Å². The number of nitrogens with zero attached hydrogens (tertiary/aromatic N) is 3. The number of pyridine rings is 1. The summed E-state index contributed by atoms with van der Waals surface area (Å²) in [5.74, 6) is 0.150. The Hall–Kier alpha value is -2.50. The zero-order valence-electron chi connectivity index (χ0n) is 16.8. The molecule has 1 amide bonds. The molecular formula is C23H29N3O2. The maximum Gasteiger partial charge on any atom is 0.237 e. The molecule has 0 saturated carbocycles. The molecule has 0 aliphatic carbocycles. The van der Waals surface area contributed by atoms with Gasteiger partial charge in [0.25, 0.3) is 0 Å². The highest BCUT2D eigenvalue weighted by atomic mass is 16.5. The maximum atomic E-state index is 12.9. The van der Waals surface area contributed by atoms with Crippen molar-refractivity contribution in [1.29, 1.82) is 0 Å². The van der Waals surface area contributed by atoms with E-state index < -0.39 is 0 Å². The fourth-order valence-electron chi connectivity index (χ4n) is 3.36. The molecule has 0 N–H and O–H groups in total. The van der Waals surface area contributed by atoms with Crippen LogP contribution in [0.5, 0.6) is 0 Å². The standard InChI is InChI=1S/C23H29N3O2/c1-3-19(2)13-25-15-22(28-18-21-11-7-8-12-24-21)16-26(23(27)17-25)14-20-9-5-4-6-10-20/h3-12,22H,13-18H2,1-2H3/b19-3+. The topological polar surface area (TPSA) is 45.7 Å². The molecule has 2 aromatic rings. The Kier molecular flexibility index (Phi) is 7.34. The summed E-state index contributed by atoms with van der Waals surface area (Å²) in [6, 6.07) is 16.0. The van der Waals surface area contributed by atoms with Crippen LogP contribution < -0.4 is 0 Å². The number of hydrogen-bond acceptors (Lipinski definition) is 4. The Bertz CT molecular complexity index is 777. The summed E-state index contributed by atoms with van der Waals surface area (Å²) in [4.78, 5) is 21.4. The molecule has 1 saturated heterocycles. The molecule has 1 aliphatic heterocycles. The number of aromatic nitrogens is 1.